The number of amides is 1. The van der Waals surface area contributed by atoms with E-state index in [1.165, 1.54) is 6.20 Å². The van der Waals surface area contributed by atoms with Gasteiger partial charge in [-0.3, -0.25) is 4.79 Å². The van der Waals surface area contributed by atoms with Gasteiger partial charge in [-0.1, -0.05) is 4.49 Å². The summed E-state index contributed by atoms with van der Waals surface area (Å²) in [5, 5.41) is 17.1. The Morgan fingerprint density at radius 3 is 2.60 bits per heavy atom. The second-order valence-electron chi connectivity index (χ2n) is 3.11. The SMILES string of the molecule is O=C([O-])C1(C(=O)Nc2cnns2)CC1.[Li+]. The number of anilines is 1. The van der Waals surface area contributed by atoms with E-state index in [4.69, 9.17) is 0 Å². The van der Waals surface area contributed by atoms with Crippen LogP contribution in [-0.4, -0.2) is 21.5 Å². The molecule has 0 bridgehead atoms. The molecule has 1 aromatic rings. The molecule has 6 nitrogen and oxygen atoms in total. The molecule has 0 spiro atoms. The van der Waals surface area contributed by atoms with Gasteiger partial charge in [0.1, 0.15) is 5.00 Å². The molecule has 0 unspecified atom stereocenters. The second-order valence-corrected chi connectivity index (χ2v) is 3.89. The van der Waals surface area contributed by atoms with Crippen LogP contribution in [0.4, 0.5) is 5.00 Å². The van der Waals surface area contributed by atoms with Crippen molar-refractivity contribution in [2.45, 2.75) is 12.8 Å². The van der Waals surface area contributed by atoms with Crippen LogP contribution in [0.25, 0.3) is 0 Å². The van der Waals surface area contributed by atoms with Crippen molar-refractivity contribution < 1.29 is 33.6 Å². The molecule has 2 rings (SSSR count). The Labute approximate surface area is 101 Å². The van der Waals surface area contributed by atoms with Crippen LogP contribution in [0.15, 0.2) is 6.20 Å². The van der Waals surface area contributed by atoms with Crippen LogP contribution in [0.2, 0.25) is 0 Å². The smallest absolute Gasteiger partial charge is 0.549 e. The molecule has 1 fully saturated rings. The number of carboxylic acids is 1. The molecule has 0 aromatic carbocycles. The second kappa shape index (κ2) is 4.31. The van der Waals surface area contributed by atoms with Crippen LogP contribution in [0.3, 0.4) is 0 Å². The number of carboxylic acid groups (broad SMARTS) is 1. The Kier molecular flexibility index (Phi) is 3.49. The Hall–Kier alpha value is -0.903. The topological polar surface area (TPSA) is 95.0 Å². The van der Waals surface area contributed by atoms with Crippen molar-refractivity contribution in [3.05, 3.63) is 6.20 Å². The average Bonchev–Trinajstić information content (AvgIpc) is 2.81. The molecule has 1 N–H and O–H groups in total. The fourth-order valence-corrected chi connectivity index (χ4v) is 1.52. The van der Waals surface area contributed by atoms with Crippen molar-refractivity contribution in [1.29, 1.82) is 0 Å². The molecule has 1 aliphatic carbocycles. The minimum absolute atomic E-state index is 0. The quantitative estimate of drug-likeness (QED) is 0.413. The number of carbonyl (C=O) groups is 2. The van der Waals surface area contributed by atoms with Gasteiger partial charge in [0.2, 0.25) is 5.91 Å². The maximum Gasteiger partial charge on any atom is 1.00 e. The van der Waals surface area contributed by atoms with Crippen LogP contribution >= 0.6 is 11.5 Å². The molecule has 1 aromatic heterocycles. The summed E-state index contributed by atoms with van der Waals surface area (Å²) in [6, 6.07) is 0. The van der Waals surface area contributed by atoms with Gasteiger partial charge in [0, 0.05) is 11.5 Å². The third-order valence-corrected chi connectivity index (χ3v) is 2.75. The van der Waals surface area contributed by atoms with E-state index in [0.29, 0.717) is 17.8 Å². The third kappa shape index (κ3) is 2.20. The monoisotopic (exact) mass is 219 g/mol. The van der Waals surface area contributed by atoms with E-state index in [2.05, 4.69) is 14.9 Å². The summed E-state index contributed by atoms with van der Waals surface area (Å²) >= 11 is 1.00. The van der Waals surface area contributed by atoms with Gasteiger partial charge in [-0.2, -0.15) is 0 Å². The fraction of sp³-hybridized carbons (Fsp3) is 0.429. The van der Waals surface area contributed by atoms with E-state index < -0.39 is 17.3 Å². The maximum absolute atomic E-state index is 11.5. The minimum Gasteiger partial charge on any atom is -0.549 e. The Morgan fingerprint density at radius 2 is 2.20 bits per heavy atom. The normalized spacial score (nSPS) is 16.3. The van der Waals surface area contributed by atoms with Crippen molar-refractivity contribution >= 4 is 28.4 Å². The van der Waals surface area contributed by atoms with Crippen molar-refractivity contribution in [1.82, 2.24) is 9.59 Å². The first-order valence-corrected chi connectivity index (χ1v) is 4.73. The Bertz CT molecular complexity index is 377. The van der Waals surface area contributed by atoms with E-state index in [1.54, 1.807) is 0 Å². The number of carbonyl (C=O) groups excluding carboxylic acids is 2. The first kappa shape index (κ1) is 12.2. The van der Waals surface area contributed by atoms with Gasteiger partial charge in [-0.15, -0.1) is 5.10 Å². The number of rotatable bonds is 3. The van der Waals surface area contributed by atoms with Crippen LogP contribution in [0.5, 0.6) is 0 Å². The summed E-state index contributed by atoms with van der Waals surface area (Å²) in [5.41, 5.74) is -1.32. The number of hydrogen-bond acceptors (Lipinski definition) is 6. The zero-order valence-electron chi connectivity index (χ0n) is 8.02. The largest absolute Gasteiger partial charge is 1.00 e. The molecule has 0 atom stereocenters. The average molecular weight is 219 g/mol. The minimum atomic E-state index is -1.32. The summed E-state index contributed by atoms with van der Waals surface area (Å²) in [6.07, 6.45) is 2.05. The standard InChI is InChI=1S/C7H7N3O3S.Li/c11-5(7(1-2-7)6(12)13)9-4-3-8-10-14-4;/h3H,1-2H2,(H,9,11)(H,12,13);/q;+1/p-1. The van der Waals surface area contributed by atoms with E-state index in [-0.39, 0.29) is 18.9 Å². The zero-order valence-corrected chi connectivity index (χ0v) is 8.84. The number of aliphatic carboxylic acids is 1. The summed E-state index contributed by atoms with van der Waals surface area (Å²) < 4.78 is 3.54. The van der Waals surface area contributed by atoms with Gasteiger partial charge in [0.15, 0.2) is 0 Å². The van der Waals surface area contributed by atoms with E-state index in [9.17, 15) is 14.7 Å². The first-order chi connectivity index (χ1) is 6.65. The van der Waals surface area contributed by atoms with Gasteiger partial charge < -0.3 is 15.2 Å². The summed E-state index contributed by atoms with van der Waals surface area (Å²) in [4.78, 5) is 22.1. The van der Waals surface area contributed by atoms with Gasteiger partial charge in [-0.25, -0.2) is 0 Å². The first-order valence-electron chi connectivity index (χ1n) is 3.95. The number of nitrogens with one attached hydrogen (secondary N) is 1. The van der Waals surface area contributed by atoms with Gasteiger partial charge in [0.25, 0.3) is 0 Å². The molecule has 15 heavy (non-hydrogen) atoms. The molecule has 74 valence electrons. The molecule has 1 saturated carbocycles. The summed E-state index contributed by atoms with van der Waals surface area (Å²) in [7, 11) is 0. The predicted molar refractivity (Wildman–Crippen MR) is 45.2 cm³/mol. The molecule has 0 aliphatic heterocycles. The Balaban J connectivity index is 0.00000112. The summed E-state index contributed by atoms with van der Waals surface area (Å²) in [5.74, 6) is -1.85. The van der Waals surface area contributed by atoms with Crippen LogP contribution in [0.1, 0.15) is 12.8 Å². The molecule has 1 aliphatic rings. The maximum atomic E-state index is 11.5. The molecule has 1 heterocycles. The van der Waals surface area contributed by atoms with Crippen molar-refractivity contribution in [3.63, 3.8) is 0 Å². The van der Waals surface area contributed by atoms with E-state index in [0.717, 1.165) is 11.5 Å². The van der Waals surface area contributed by atoms with Crippen molar-refractivity contribution in [2.24, 2.45) is 5.41 Å². The van der Waals surface area contributed by atoms with Crippen LogP contribution in [-0.2, 0) is 9.59 Å². The Morgan fingerprint density at radius 1 is 1.53 bits per heavy atom. The third-order valence-electron chi connectivity index (χ3n) is 2.17. The number of hydrogen-bond donors (Lipinski definition) is 1. The molecule has 0 radical (unpaired) electrons. The molecule has 8 heteroatoms. The zero-order chi connectivity index (χ0) is 10.2. The molecular formula is C7H6LiN3O3S. The fourth-order valence-electron chi connectivity index (χ4n) is 1.10. The van der Waals surface area contributed by atoms with Gasteiger partial charge in [0.05, 0.1) is 17.6 Å². The molecular weight excluding hydrogens is 213 g/mol. The summed E-state index contributed by atoms with van der Waals surface area (Å²) in [6.45, 7) is 0. The van der Waals surface area contributed by atoms with E-state index >= 15 is 0 Å². The van der Waals surface area contributed by atoms with Crippen molar-refractivity contribution in [2.75, 3.05) is 5.32 Å². The molecule has 1 amide bonds. The van der Waals surface area contributed by atoms with Gasteiger partial charge >= 0.3 is 18.9 Å². The van der Waals surface area contributed by atoms with Gasteiger partial charge in [-0.05, 0) is 12.8 Å². The number of aromatic nitrogens is 2. The van der Waals surface area contributed by atoms with Crippen LogP contribution in [0, 0.1) is 5.41 Å². The predicted octanol–water partition coefficient (Wildman–Crippen LogP) is -3.99. The van der Waals surface area contributed by atoms with Crippen molar-refractivity contribution in [3.8, 4) is 0 Å². The number of nitrogens with zero attached hydrogens (tertiary/aromatic N) is 2. The van der Waals surface area contributed by atoms with Crippen LogP contribution < -0.4 is 29.3 Å². The molecule has 0 saturated heterocycles. The van der Waals surface area contributed by atoms with E-state index in [1.807, 2.05) is 0 Å².